The van der Waals surface area contributed by atoms with Crippen LogP contribution in [0.4, 0.5) is 16.6 Å². The molecule has 0 aliphatic carbocycles. The second-order valence-corrected chi connectivity index (χ2v) is 8.51. The van der Waals surface area contributed by atoms with Gasteiger partial charge in [0.05, 0.1) is 6.61 Å². The van der Waals surface area contributed by atoms with Crippen molar-refractivity contribution in [1.29, 1.82) is 0 Å². The van der Waals surface area contributed by atoms with E-state index in [9.17, 15) is 4.79 Å². The van der Waals surface area contributed by atoms with Crippen LogP contribution in [-0.2, 0) is 6.42 Å². The van der Waals surface area contributed by atoms with Crippen molar-refractivity contribution in [3.8, 4) is 11.5 Å². The van der Waals surface area contributed by atoms with Crippen molar-refractivity contribution in [3.05, 3.63) is 58.5 Å². The first kappa shape index (κ1) is 22.1. The summed E-state index contributed by atoms with van der Waals surface area (Å²) < 4.78 is 11.3. The predicted molar refractivity (Wildman–Crippen MR) is 129 cm³/mol. The van der Waals surface area contributed by atoms with Crippen LogP contribution in [-0.4, -0.2) is 48.5 Å². The first-order chi connectivity index (χ1) is 15.6. The van der Waals surface area contributed by atoms with Gasteiger partial charge < -0.3 is 25.4 Å². The van der Waals surface area contributed by atoms with Crippen LogP contribution in [0.2, 0.25) is 0 Å². The standard InChI is InChI=1S/C24H28N4O3S/c1-3-28(4-2)12-14-30-19-8-6-18(7-9-19)26-24-27-23(25)22(32-24)21(29)17-5-10-20-16(15-17)11-13-31-20/h5-10,15H,3-4,11-14,25H2,1-2H3,(H,26,27). The van der Waals surface area contributed by atoms with Crippen LogP contribution < -0.4 is 20.5 Å². The van der Waals surface area contributed by atoms with Gasteiger partial charge in [-0.3, -0.25) is 4.79 Å². The third-order valence-corrected chi connectivity index (χ3v) is 6.47. The molecule has 3 N–H and O–H groups in total. The minimum atomic E-state index is -0.125. The SMILES string of the molecule is CCN(CC)CCOc1ccc(Nc2nc(N)c(C(=O)c3ccc4c(c3)CCO4)s2)cc1. The third-order valence-electron chi connectivity index (χ3n) is 5.49. The van der Waals surface area contributed by atoms with E-state index in [-0.39, 0.29) is 11.6 Å². The normalized spacial score (nSPS) is 12.5. The lowest BCUT2D eigenvalue weighted by Gasteiger charge is -2.18. The second kappa shape index (κ2) is 10.0. The van der Waals surface area contributed by atoms with Gasteiger partial charge in [0, 0.05) is 24.2 Å². The van der Waals surface area contributed by atoms with Crippen molar-refractivity contribution in [1.82, 2.24) is 9.88 Å². The van der Waals surface area contributed by atoms with Crippen molar-refractivity contribution >= 4 is 33.8 Å². The molecule has 8 heteroatoms. The Morgan fingerprint density at radius 1 is 1.22 bits per heavy atom. The number of nitrogen functional groups attached to an aromatic ring is 1. The van der Waals surface area contributed by atoms with Crippen LogP contribution in [0.1, 0.15) is 34.6 Å². The molecule has 3 aromatic rings. The topological polar surface area (TPSA) is 89.7 Å². The van der Waals surface area contributed by atoms with E-state index in [1.54, 1.807) is 6.07 Å². The van der Waals surface area contributed by atoms with Gasteiger partial charge in [0.25, 0.3) is 0 Å². The highest BCUT2D eigenvalue weighted by atomic mass is 32.1. The third kappa shape index (κ3) is 5.03. The largest absolute Gasteiger partial charge is 0.493 e. The highest BCUT2D eigenvalue weighted by molar-refractivity contribution is 7.18. The molecule has 2 aromatic carbocycles. The van der Waals surface area contributed by atoms with Crippen LogP contribution in [0.5, 0.6) is 11.5 Å². The van der Waals surface area contributed by atoms with E-state index in [0.29, 0.717) is 28.8 Å². The number of hydrogen-bond donors (Lipinski definition) is 2. The maximum absolute atomic E-state index is 13.0. The Balaban J connectivity index is 1.38. The number of carbonyl (C=O) groups excluding carboxylic acids is 1. The lowest BCUT2D eigenvalue weighted by molar-refractivity contribution is 0.104. The summed E-state index contributed by atoms with van der Waals surface area (Å²) in [6.45, 7) is 8.54. The van der Waals surface area contributed by atoms with Crippen LogP contribution in [0, 0.1) is 0 Å². The van der Waals surface area contributed by atoms with Crippen LogP contribution in [0.3, 0.4) is 0 Å². The fraction of sp³-hybridized carbons (Fsp3) is 0.333. The van der Waals surface area contributed by atoms with Gasteiger partial charge in [-0.15, -0.1) is 0 Å². The summed E-state index contributed by atoms with van der Waals surface area (Å²) in [6, 6.07) is 13.2. The fourth-order valence-electron chi connectivity index (χ4n) is 3.60. The molecule has 1 aliphatic rings. The number of likely N-dealkylation sites (N-methyl/N-ethyl adjacent to an activating group) is 1. The molecule has 1 aromatic heterocycles. The monoisotopic (exact) mass is 452 g/mol. The van der Waals surface area contributed by atoms with Crippen molar-refractivity contribution < 1.29 is 14.3 Å². The van der Waals surface area contributed by atoms with Gasteiger partial charge in [0.2, 0.25) is 5.78 Å². The summed E-state index contributed by atoms with van der Waals surface area (Å²) in [7, 11) is 0. The fourth-order valence-corrected chi connectivity index (χ4v) is 4.46. The second-order valence-electron chi connectivity index (χ2n) is 7.51. The summed E-state index contributed by atoms with van der Waals surface area (Å²) in [5.74, 6) is 1.77. The molecule has 2 heterocycles. The highest BCUT2D eigenvalue weighted by Crippen LogP contribution is 2.32. The quantitative estimate of drug-likeness (QED) is 0.442. The zero-order chi connectivity index (χ0) is 22.5. The Morgan fingerprint density at radius 2 is 2.00 bits per heavy atom. The van der Waals surface area contributed by atoms with Crippen LogP contribution >= 0.6 is 11.3 Å². The number of hydrogen-bond acceptors (Lipinski definition) is 8. The number of nitrogens with two attached hydrogens (primary N) is 1. The number of fused-ring (bicyclic) bond motifs is 1. The molecular formula is C24H28N4O3S. The zero-order valence-electron chi connectivity index (χ0n) is 18.4. The Morgan fingerprint density at radius 3 is 2.75 bits per heavy atom. The lowest BCUT2D eigenvalue weighted by Crippen LogP contribution is -2.27. The maximum Gasteiger partial charge on any atom is 0.206 e. The Hall–Kier alpha value is -3.10. The lowest BCUT2D eigenvalue weighted by atomic mass is 10.0. The van der Waals surface area contributed by atoms with Gasteiger partial charge in [-0.05, 0) is 61.1 Å². The number of thiazole rings is 1. The zero-order valence-corrected chi connectivity index (χ0v) is 19.2. The molecule has 32 heavy (non-hydrogen) atoms. The molecule has 0 radical (unpaired) electrons. The van der Waals surface area contributed by atoms with Crippen LogP contribution in [0.15, 0.2) is 42.5 Å². The van der Waals surface area contributed by atoms with E-state index in [0.717, 1.165) is 48.8 Å². The molecule has 4 rings (SSSR count). The summed E-state index contributed by atoms with van der Waals surface area (Å²) in [5.41, 5.74) is 8.56. The number of rotatable bonds is 10. The molecule has 0 amide bonds. The number of ether oxygens (including phenoxy) is 2. The summed E-state index contributed by atoms with van der Waals surface area (Å²) >= 11 is 1.25. The van der Waals surface area contributed by atoms with E-state index < -0.39 is 0 Å². The molecule has 0 spiro atoms. The van der Waals surface area contributed by atoms with E-state index in [4.69, 9.17) is 15.2 Å². The number of anilines is 3. The Kier molecular flexibility index (Phi) is 6.92. The molecule has 0 unspecified atom stereocenters. The molecule has 1 aliphatic heterocycles. The average Bonchev–Trinajstić information content (AvgIpc) is 3.43. The first-order valence-corrected chi connectivity index (χ1v) is 11.7. The van der Waals surface area contributed by atoms with E-state index in [1.165, 1.54) is 11.3 Å². The van der Waals surface area contributed by atoms with Gasteiger partial charge in [-0.25, -0.2) is 4.98 Å². The highest BCUT2D eigenvalue weighted by Gasteiger charge is 2.21. The number of carbonyl (C=O) groups is 1. The first-order valence-electron chi connectivity index (χ1n) is 10.9. The van der Waals surface area contributed by atoms with Gasteiger partial charge in [0.1, 0.15) is 28.8 Å². The van der Waals surface area contributed by atoms with Crippen LogP contribution in [0.25, 0.3) is 0 Å². The molecule has 0 saturated heterocycles. The van der Waals surface area contributed by atoms with Gasteiger partial charge in [-0.2, -0.15) is 0 Å². The van der Waals surface area contributed by atoms with E-state index in [2.05, 4.69) is 29.0 Å². The number of nitrogens with zero attached hydrogens (tertiary/aromatic N) is 2. The number of ketones is 1. The Labute approximate surface area is 192 Å². The van der Waals surface area contributed by atoms with E-state index in [1.807, 2.05) is 36.4 Å². The number of aromatic nitrogens is 1. The van der Waals surface area contributed by atoms with Gasteiger partial charge in [-0.1, -0.05) is 25.2 Å². The Bertz CT molecular complexity index is 1080. The van der Waals surface area contributed by atoms with Crippen molar-refractivity contribution in [2.45, 2.75) is 20.3 Å². The molecule has 0 saturated carbocycles. The predicted octanol–water partition coefficient (Wildman–Crippen LogP) is 4.36. The van der Waals surface area contributed by atoms with Gasteiger partial charge >= 0.3 is 0 Å². The molecule has 0 fully saturated rings. The molecule has 168 valence electrons. The molecule has 0 atom stereocenters. The van der Waals surface area contributed by atoms with Crippen molar-refractivity contribution in [2.24, 2.45) is 0 Å². The molecule has 7 nitrogen and oxygen atoms in total. The number of nitrogens with one attached hydrogen (secondary N) is 1. The minimum absolute atomic E-state index is 0.125. The maximum atomic E-state index is 13.0. The summed E-state index contributed by atoms with van der Waals surface area (Å²) in [6.07, 6.45) is 0.816. The summed E-state index contributed by atoms with van der Waals surface area (Å²) in [5, 5.41) is 3.80. The molecule has 0 bridgehead atoms. The van der Waals surface area contributed by atoms with Gasteiger partial charge in [0.15, 0.2) is 5.13 Å². The van der Waals surface area contributed by atoms with Crippen molar-refractivity contribution in [3.63, 3.8) is 0 Å². The average molecular weight is 453 g/mol. The summed E-state index contributed by atoms with van der Waals surface area (Å²) in [4.78, 5) is 20.1. The van der Waals surface area contributed by atoms with Crippen molar-refractivity contribution in [2.75, 3.05) is 43.9 Å². The minimum Gasteiger partial charge on any atom is -0.493 e. The van der Waals surface area contributed by atoms with E-state index >= 15 is 0 Å². The smallest absolute Gasteiger partial charge is 0.206 e. The number of benzene rings is 2. The molecular weight excluding hydrogens is 424 g/mol.